The number of carboxylic acids is 1. The maximum absolute atomic E-state index is 12.2. The van der Waals surface area contributed by atoms with E-state index in [1.807, 2.05) is 54.6 Å². The first-order valence-electron chi connectivity index (χ1n) is 10.2. The molecule has 162 valence electrons. The van der Waals surface area contributed by atoms with Gasteiger partial charge in [0.05, 0.1) is 5.41 Å². The molecule has 1 aliphatic rings. The van der Waals surface area contributed by atoms with Gasteiger partial charge in [0.15, 0.2) is 0 Å². The molecule has 32 heavy (non-hydrogen) atoms. The Balaban J connectivity index is 1.39. The van der Waals surface area contributed by atoms with Gasteiger partial charge in [0, 0.05) is 5.56 Å². The highest BCUT2D eigenvalue weighted by Gasteiger charge is 2.49. The van der Waals surface area contributed by atoms with Gasteiger partial charge in [-0.15, -0.1) is 0 Å². The summed E-state index contributed by atoms with van der Waals surface area (Å²) in [5, 5.41) is 15.9. The van der Waals surface area contributed by atoms with Gasteiger partial charge in [-0.3, -0.25) is 10.1 Å². The summed E-state index contributed by atoms with van der Waals surface area (Å²) in [5.41, 5.74) is 2.84. The van der Waals surface area contributed by atoms with Crippen molar-refractivity contribution in [2.75, 3.05) is 5.32 Å². The third-order valence-corrected chi connectivity index (χ3v) is 5.43. The highest BCUT2D eigenvalue weighted by molar-refractivity contribution is 5.86. The summed E-state index contributed by atoms with van der Waals surface area (Å²) in [7, 11) is 0. The van der Waals surface area contributed by atoms with Crippen LogP contribution < -0.4 is 5.32 Å². The number of nitrogens with one attached hydrogen (secondary N) is 1. The Morgan fingerprint density at radius 2 is 1.81 bits per heavy atom. The summed E-state index contributed by atoms with van der Waals surface area (Å²) in [6, 6.07) is 16.8. The standard InChI is InChI=1S/C25H22N2O5/c1-17-22(26-24(30)31-16-20-5-3-2-4-6-20)21(32-27-17)12-11-18-7-9-19(10-8-18)15-25(13-14-25)23(28)29/h2-10H,13-16H2,1H3,(H,26,30)(H,28,29). The minimum absolute atomic E-state index is 0.146. The molecule has 0 saturated heterocycles. The van der Waals surface area contributed by atoms with E-state index in [1.54, 1.807) is 6.92 Å². The van der Waals surface area contributed by atoms with Crippen molar-refractivity contribution in [3.05, 3.63) is 82.7 Å². The topological polar surface area (TPSA) is 102 Å². The minimum Gasteiger partial charge on any atom is -0.481 e. The Labute approximate surface area is 185 Å². The first-order valence-corrected chi connectivity index (χ1v) is 10.2. The fourth-order valence-electron chi connectivity index (χ4n) is 3.31. The second-order valence-corrected chi connectivity index (χ2v) is 7.87. The number of aryl methyl sites for hydroxylation is 1. The molecule has 1 fully saturated rings. The number of hydrogen-bond acceptors (Lipinski definition) is 5. The first kappa shape index (κ1) is 21.2. The number of ether oxygens (including phenoxy) is 1. The van der Waals surface area contributed by atoms with E-state index in [0.29, 0.717) is 17.8 Å². The number of carbonyl (C=O) groups excluding carboxylic acids is 1. The Morgan fingerprint density at radius 1 is 1.09 bits per heavy atom. The number of nitrogens with zero attached hydrogens (tertiary/aromatic N) is 1. The molecule has 0 spiro atoms. The monoisotopic (exact) mass is 430 g/mol. The van der Waals surface area contributed by atoms with Crippen molar-refractivity contribution >= 4 is 17.7 Å². The maximum Gasteiger partial charge on any atom is 0.412 e. The van der Waals surface area contributed by atoms with Gasteiger partial charge >= 0.3 is 12.1 Å². The molecular weight excluding hydrogens is 408 g/mol. The van der Waals surface area contributed by atoms with E-state index in [4.69, 9.17) is 9.26 Å². The number of anilines is 1. The van der Waals surface area contributed by atoms with Crippen molar-refractivity contribution in [2.45, 2.75) is 32.8 Å². The van der Waals surface area contributed by atoms with Crippen LogP contribution in [0.4, 0.5) is 10.5 Å². The Hall–Kier alpha value is -4.05. The van der Waals surface area contributed by atoms with E-state index in [9.17, 15) is 14.7 Å². The Kier molecular flexibility index (Phi) is 5.95. The molecule has 1 amide bonds. The normalized spacial score (nSPS) is 13.5. The minimum atomic E-state index is -0.732. The van der Waals surface area contributed by atoms with Crippen molar-refractivity contribution < 1.29 is 24.0 Å². The van der Waals surface area contributed by atoms with Gasteiger partial charge in [0.1, 0.15) is 18.0 Å². The van der Waals surface area contributed by atoms with Crippen LogP contribution in [0.5, 0.6) is 0 Å². The number of rotatable bonds is 6. The van der Waals surface area contributed by atoms with Crippen LogP contribution in [0.2, 0.25) is 0 Å². The van der Waals surface area contributed by atoms with Crippen LogP contribution in [0, 0.1) is 24.2 Å². The summed E-state index contributed by atoms with van der Waals surface area (Å²) in [5.74, 6) is 5.36. The average Bonchev–Trinajstić information content (AvgIpc) is 3.51. The number of hydrogen-bond donors (Lipinski definition) is 2. The quantitative estimate of drug-likeness (QED) is 0.557. The second-order valence-electron chi connectivity index (χ2n) is 7.87. The van der Waals surface area contributed by atoms with Crippen molar-refractivity contribution in [3.8, 4) is 11.8 Å². The molecule has 7 nitrogen and oxygen atoms in total. The predicted molar refractivity (Wildman–Crippen MR) is 117 cm³/mol. The van der Waals surface area contributed by atoms with Gasteiger partial charge < -0.3 is 14.4 Å². The molecule has 0 atom stereocenters. The number of aliphatic carboxylic acids is 1. The lowest BCUT2D eigenvalue weighted by Crippen LogP contribution is -2.17. The average molecular weight is 430 g/mol. The van der Waals surface area contributed by atoms with E-state index in [0.717, 1.165) is 29.5 Å². The lowest BCUT2D eigenvalue weighted by Gasteiger charge is -2.09. The van der Waals surface area contributed by atoms with Crippen LogP contribution in [0.3, 0.4) is 0 Å². The molecule has 2 N–H and O–H groups in total. The zero-order valence-electron chi connectivity index (χ0n) is 17.6. The van der Waals surface area contributed by atoms with Crippen LogP contribution in [0.15, 0.2) is 59.1 Å². The van der Waals surface area contributed by atoms with E-state index < -0.39 is 17.5 Å². The summed E-state index contributed by atoms with van der Waals surface area (Å²) < 4.78 is 10.5. The van der Waals surface area contributed by atoms with Crippen LogP contribution in [0.25, 0.3) is 0 Å². The van der Waals surface area contributed by atoms with Gasteiger partial charge in [-0.25, -0.2) is 4.79 Å². The lowest BCUT2D eigenvalue weighted by atomic mass is 9.96. The third-order valence-electron chi connectivity index (χ3n) is 5.43. The molecule has 0 unspecified atom stereocenters. The molecular formula is C25H22N2O5. The summed E-state index contributed by atoms with van der Waals surface area (Å²) in [6.45, 7) is 1.85. The molecule has 0 radical (unpaired) electrons. The van der Waals surface area contributed by atoms with Gasteiger partial charge in [0.2, 0.25) is 5.76 Å². The molecule has 0 aliphatic heterocycles. The predicted octanol–water partition coefficient (Wildman–Crippen LogP) is 4.54. The number of amides is 1. The van der Waals surface area contributed by atoms with Crippen LogP contribution in [-0.4, -0.2) is 22.3 Å². The van der Waals surface area contributed by atoms with Crippen molar-refractivity contribution in [3.63, 3.8) is 0 Å². The van der Waals surface area contributed by atoms with Gasteiger partial charge in [-0.2, -0.15) is 0 Å². The van der Waals surface area contributed by atoms with E-state index in [2.05, 4.69) is 22.3 Å². The van der Waals surface area contributed by atoms with E-state index in [1.165, 1.54) is 0 Å². The van der Waals surface area contributed by atoms with Crippen molar-refractivity contribution in [1.82, 2.24) is 5.16 Å². The molecule has 1 aliphatic carbocycles. The molecule has 2 aromatic carbocycles. The van der Waals surface area contributed by atoms with E-state index in [-0.39, 0.29) is 12.4 Å². The molecule has 0 bridgehead atoms. The van der Waals surface area contributed by atoms with Crippen LogP contribution >= 0.6 is 0 Å². The number of aromatic nitrogens is 1. The molecule has 1 aromatic heterocycles. The smallest absolute Gasteiger partial charge is 0.412 e. The Bertz CT molecular complexity index is 1180. The van der Waals surface area contributed by atoms with Crippen molar-refractivity contribution in [1.29, 1.82) is 0 Å². The second kappa shape index (κ2) is 8.98. The zero-order valence-corrected chi connectivity index (χ0v) is 17.6. The van der Waals surface area contributed by atoms with Gasteiger partial charge in [-0.1, -0.05) is 53.5 Å². The largest absolute Gasteiger partial charge is 0.481 e. The van der Waals surface area contributed by atoms with E-state index >= 15 is 0 Å². The van der Waals surface area contributed by atoms with Gasteiger partial charge in [-0.05, 0) is 55.4 Å². The highest BCUT2D eigenvalue weighted by atomic mass is 16.5. The summed E-state index contributed by atoms with van der Waals surface area (Å²) >= 11 is 0. The number of carboxylic acid groups (broad SMARTS) is 1. The summed E-state index contributed by atoms with van der Waals surface area (Å²) in [4.78, 5) is 23.5. The molecule has 4 rings (SSSR count). The molecule has 1 heterocycles. The zero-order chi connectivity index (χ0) is 22.6. The van der Waals surface area contributed by atoms with Crippen LogP contribution in [-0.2, 0) is 22.6 Å². The molecule has 3 aromatic rings. The number of benzene rings is 2. The SMILES string of the molecule is Cc1noc(C#Cc2ccc(CC3(C(=O)O)CC3)cc2)c1NC(=O)OCc1ccccc1. The Morgan fingerprint density at radius 3 is 2.47 bits per heavy atom. The third kappa shape index (κ3) is 4.98. The van der Waals surface area contributed by atoms with Crippen LogP contribution in [0.1, 0.15) is 41.0 Å². The summed E-state index contributed by atoms with van der Waals surface area (Å²) in [6.07, 6.45) is 1.34. The fraction of sp³-hybridized carbons (Fsp3) is 0.240. The first-order chi connectivity index (χ1) is 15.4. The molecule has 7 heteroatoms. The highest BCUT2D eigenvalue weighted by Crippen LogP contribution is 2.48. The van der Waals surface area contributed by atoms with Gasteiger partial charge in [0.25, 0.3) is 0 Å². The maximum atomic E-state index is 12.2. The lowest BCUT2D eigenvalue weighted by molar-refractivity contribution is -0.143. The van der Waals surface area contributed by atoms with Crippen molar-refractivity contribution in [2.24, 2.45) is 5.41 Å². The number of carbonyl (C=O) groups is 2. The molecule has 1 saturated carbocycles. The fourth-order valence-corrected chi connectivity index (χ4v) is 3.31.